The first kappa shape index (κ1) is 17.4. The molecule has 27 heavy (non-hydrogen) atoms. The largest absolute Gasteiger partial charge is 0.376 e. The molecule has 8 nitrogen and oxygen atoms in total. The molecule has 0 radical (unpaired) electrons. The van der Waals surface area contributed by atoms with Crippen molar-refractivity contribution in [2.75, 3.05) is 19.7 Å². The molecule has 0 atom stereocenters. The first-order valence-corrected chi connectivity index (χ1v) is 8.91. The lowest BCUT2D eigenvalue weighted by molar-refractivity contribution is 0.0569. The summed E-state index contributed by atoms with van der Waals surface area (Å²) in [6, 6.07) is 10.0. The van der Waals surface area contributed by atoms with Gasteiger partial charge in [0.25, 0.3) is 5.91 Å². The average Bonchev–Trinajstić information content (AvgIpc) is 3.28. The van der Waals surface area contributed by atoms with Crippen LogP contribution in [0, 0.1) is 0 Å². The second kappa shape index (κ2) is 7.71. The maximum atomic E-state index is 12.3. The van der Waals surface area contributed by atoms with Crippen molar-refractivity contribution in [3.05, 3.63) is 65.6 Å². The molecule has 0 N–H and O–H groups in total. The summed E-state index contributed by atoms with van der Waals surface area (Å²) in [5.41, 5.74) is 1.73. The van der Waals surface area contributed by atoms with Crippen LogP contribution in [0.25, 0.3) is 0 Å². The zero-order valence-corrected chi connectivity index (χ0v) is 15.1. The molecule has 0 saturated carbocycles. The molecule has 0 spiro atoms. The Morgan fingerprint density at radius 3 is 2.85 bits per heavy atom. The van der Waals surface area contributed by atoms with Gasteiger partial charge in [-0.2, -0.15) is 10.1 Å². The minimum atomic E-state index is -0.0200. The van der Waals surface area contributed by atoms with E-state index in [4.69, 9.17) is 9.26 Å². The third kappa shape index (κ3) is 4.06. The fourth-order valence-electron chi connectivity index (χ4n) is 2.98. The van der Waals surface area contributed by atoms with Crippen LogP contribution in [-0.4, -0.2) is 50.4 Å². The number of rotatable bonds is 7. The van der Waals surface area contributed by atoms with Gasteiger partial charge in [-0.05, 0) is 5.56 Å². The quantitative estimate of drug-likeness (QED) is 0.592. The van der Waals surface area contributed by atoms with Crippen LogP contribution in [0.3, 0.4) is 0 Å². The van der Waals surface area contributed by atoms with Gasteiger partial charge < -0.3 is 14.2 Å². The minimum Gasteiger partial charge on any atom is -0.376 e. The van der Waals surface area contributed by atoms with Crippen LogP contribution in [0.2, 0.25) is 0 Å². The Labute approximate surface area is 156 Å². The van der Waals surface area contributed by atoms with E-state index in [-0.39, 0.29) is 11.8 Å². The molecule has 1 amide bonds. The number of ether oxygens (including phenoxy) is 1. The van der Waals surface area contributed by atoms with Crippen LogP contribution < -0.4 is 0 Å². The highest BCUT2D eigenvalue weighted by molar-refractivity contribution is 5.94. The summed E-state index contributed by atoms with van der Waals surface area (Å²) in [7, 11) is 1.79. The maximum absolute atomic E-state index is 12.3. The first-order valence-electron chi connectivity index (χ1n) is 8.91. The van der Waals surface area contributed by atoms with Gasteiger partial charge in [0.15, 0.2) is 5.82 Å². The molecule has 0 unspecified atom stereocenters. The lowest BCUT2D eigenvalue weighted by Crippen LogP contribution is -2.48. The van der Waals surface area contributed by atoms with Crippen molar-refractivity contribution in [1.29, 1.82) is 0 Å². The normalized spacial score (nSPS) is 14.3. The maximum Gasteiger partial charge on any atom is 0.257 e. The van der Waals surface area contributed by atoms with Crippen molar-refractivity contribution >= 4 is 5.91 Å². The molecule has 3 heterocycles. The van der Waals surface area contributed by atoms with Crippen LogP contribution in [0.4, 0.5) is 0 Å². The van der Waals surface area contributed by atoms with Crippen LogP contribution in [-0.2, 0) is 24.8 Å². The Balaban J connectivity index is 1.21. The third-order valence-corrected chi connectivity index (χ3v) is 4.54. The van der Waals surface area contributed by atoms with Crippen molar-refractivity contribution < 1.29 is 14.1 Å². The van der Waals surface area contributed by atoms with Gasteiger partial charge in [0.05, 0.1) is 30.9 Å². The van der Waals surface area contributed by atoms with Gasteiger partial charge >= 0.3 is 0 Å². The van der Waals surface area contributed by atoms with E-state index in [1.807, 2.05) is 30.3 Å². The van der Waals surface area contributed by atoms with Crippen LogP contribution in [0.15, 0.2) is 47.2 Å². The molecule has 8 heteroatoms. The number of aromatic nitrogens is 4. The molecule has 0 aliphatic carbocycles. The van der Waals surface area contributed by atoms with Crippen LogP contribution in [0.5, 0.6) is 0 Å². The van der Waals surface area contributed by atoms with Gasteiger partial charge in [-0.25, -0.2) is 0 Å². The van der Waals surface area contributed by atoms with E-state index in [1.54, 1.807) is 29.0 Å². The Kier molecular flexibility index (Phi) is 4.97. The Bertz CT molecular complexity index is 899. The molecule has 140 valence electrons. The minimum absolute atomic E-state index is 0.0200. The van der Waals surface area contributed by atoms with E-state index in [2.05, 4.69) is 15.2 Å². The SMILES string of the molecule is Cn1cc(C(=O)N2CC(c3nc(CCOCc4ccccc4)no3)C2)cn1. The highest BCUT2D eigenvalue weighted by Gasteiger charge is 2.36. The second-order valence-electron chi connectivity index (χ2n) is 6.65. The Morgan fingerprint density at radius 1 is 1.30 bits per heavy atom. The van der Waals surface area contributed by atoms with E-state index < -0.39 is 0 Å². The number of carbonyl (C=O) groups is 1. The fourth-order valence-corrected chi connectivity index (χ4v) is 2.98. The van der Waals surface area contributed by atoms with Crippen molar-refractivity contribution in [3.8, 4) is 0 Å². The lowest BCUT2D eigenvalue weighted by Gasteiger charge is -2.36. The summed E-state index contributed by atoms with van der Waals surface area (Å²) in [6.45, 7) is 2.27. The predicted octanol–water partition coefficient (Wildman–Crippen LogP) is 1.80. The summed E-state index contributed by atoms with van der Waals surface area (Å²) in [5, 5.41) is 8.04. The van der Waals surface area contributed by atoms with Gasteiger partial charge in [0.1, 0.15) is 0 Å². The van der Waals surface area contributed by atoms with E-state index >= 15 is 0 Å². The van der Waals surface area contributed by atoms with Gasteiger partial charge in [-0.15, -0.1) is 0 Å². The number of nitrogens with zero attached hydrogens (tertiary/aromatic N) is 5. The Morgan fingerprint density at radius 2 is 2.11 bits per heavy atom. The van der Waals surface area contributed by atoms with Gasteiger partial charge in [0, 0.05) is 32.8 Å². The molecule has 1 aliphatic heterocycles. The number of aryl methyl sites for hydroxylation is 1. The lowest BCUT2D eigenvalue weighted by atomic mass is 9.99. The summed E-state index contributed by atoms with van der Waals surface area (Å²) in [4.78, 5) is 18.5. The molecule has 0 bridgehead atoms. The van der Waals surface area contributed by atoms with E-state index in [0.29, 0.717) is 50.0 Å². The summed E-state index contributed by atoms with van der Waals surface area (Å²) in [6.07, 6.45) is 3.90. The van der Waals surface area contributed by atoms with Gasteiger partial charge in [-0.3, -0.25) is 9.48 Å². The highest BCUT2D eigenvalue weighted by Crippen LogP contribution is 2.27. The second-order valence-corrected chi connectivity index (χ2v) is 6.65. The molecule has 1 aliphatic rings. The van der Waals surface area contributed by atoms with Crippen molar-refractivity contribution in [1.82, 2.24) is 24.8 Å². The van der Waals surface area contributed by atoms with Crippen molar-refractivity contribution in [2.24, 2.45) is 7.05 Å². The molecular weight excluding hydrogens is 346 g/mol. The number of benzene rings is 1. The molecule has 3 aromatic rings. The Hall–Kier alpha value is -3.00. The molecule has 1 aromatic carbocycles. The number of carbonyl (C=O) groups excluding carboxylic acids is 1. The fraction of sp³-hybridized carbons (Fsp3) is 0.368. The number of hydrogen-bond acceptors (Lipinski definition) is 6. The van der Waals surface area contributed by atoms with Crippen molar-refractivity contribution in [3.63, 3.8) is 0 Å². The zero-order valence-electron chi connectivity index (χ0n) is 15.1. The standard InChI is InChI=1S/C19H21N5O3/c1-23-10-15(9-20-23)19(25)24-11-16(12-24)18-21-17(22-27-18)7-8-26-13-14-5-3-2-4-6-14/h2-6,9-10,16H,7-8,11-13H2,1H3. The van der Waals surface area contributed by atoms with Gasteiger partial charge in [0.2, 0.25) is 5.89 Å². The third-order valence-electron chi connectivity index (χ3n) is 4.54. The molecule has 1 saturated heterocycles. The number of amides is 1. The topological polar surface area (TPSA) is 86.3 Å². The molecule has 2 aromatic heterocycles. The van der Waals surface area contributed by atoms with Gasteiger partial charge in [-0.1, -0.05) is 35.5 Å². The number of hydrogen-bond donors (Lipinski definition) is 0. The summed E-state index contributed by atoms with van der Waals surface area (Å²) >= 11 is 0. The predicted molar refractivity (Wildman–Crippen MR) is 96.0 cm³/mol. The summed E-state index contributed by atoms with van der Waals surface area (Å²) in [5.74, 6) is 1.30. The smallest absolute Gasteiger partial charge is 0.257 e. The molecular formula is C19H21N5O3. The zero-order chi connectivity index (χ0) is 18.6. The van der Waals surface area contributed by atoms with Crippen molar-refractivity contribution in [2.45, 2.75) is 18.9 Å². The molecule has 4 rings (SSSR count). The first-order chi connectivity index (χ1) is 13.2. The van der Waals surface area contributed by atoms with E-state index in [9.17, 15) is 4.79 Å². The highest BCUT2D eigenvalue weighted by atomic mass is 16.5. The monoisotopic (exact) mass is 367 g/mol. The average molecular weight is 367 g/mol. The van der Waals surface area contributed by atoms with Crippen LogP contribution in [0.1, 0.15) is 33.6 Å². The number of likely N-dealkylation sites (tertiary alicyclic amines) is 1. The molecule has 1 fully saturated rings. The van der Waals surface area contributed by atoms with Crippen LogP contribution >= 0.6 is 0 Å². The summed E-state index contributed by atoms with van der Waals surface area (Å²) < 4.78 is 12.6. The van der Waals surface area contributed by atoms with E-state index in [1.165, 1.54) is 0 Å². The van der Waals surface area contributed by atoms with E-state index in [0.717, 1.165) is 5.56 Å².